The van der Waals surface area contributed by atoms with Crippen molar-refractivity contribution >= 4 is 5.97 Å². The Morgan fingerprint density at radius 1 is 1.17 bits per heavy atom. The lowest BCUT2D eigenvalue weighted by Crippen LogP contribution is -2.15. The minimum Gasteiger partial charge on any atom is -0.496 e. The number of hydrogen-bond donors (Lipinski definition) is 1. The van der Waals surface area contributed by atoms with E-state index < -0.39 is 11.9 Å². The molecule has 0 aliphatic heterocycles. The van der Waals surface area contributed by atoms with Crippen molar-refractivity contribution in [3.05, 3.63) is 59.2 Å². The third-order valence-electron chi connectivity index (χ3n) is 3.98. The Bertz CT molecular complexity index is 694. The first-order valence-electron chi connectivity index (χ1n) is 8.14. The molecule has 0 saturated carbocycles. The summed E-state index contributed by atoms with van der Waals surface area (Å²) < 4.78 is 11.0. The van der Waals surface area contributed by atoms with Gasteiger partial charge in [-0.05, 0) is 48.6 Å². The van der Waals surface area contributed by atoms with E-state index in [1.807, 2.05) is 49.4 Å². The second-order valence-corrected chi connectivity index (χ2v) is 5.78. The number of methoxy groups -OCH3 is 1. The zero-order chi connectivity index (χ0) is 17.5. The minimum atomic E-state index is -0.845. The zero-order valence-electron chi connectivity index (χ0n) is 14.4. The predicted molar refractivity (Wildman–Crippen MR) is 94.0 cm³/mol. The molecule has 0 aliphatic rings. The molecular formula is C20H24O4. The Balaban J connectivity index is 2.28. The fourth-order valence-corrected chi connectivity index (χ4v) is 2.70. The van der Waals surface area contributed by atoms with E-state index in [2.05, 4.69) is 6.92 Å². The van der Waals surface area contributed by atoms with E-state index in [1.54, 1.807) is 7.11 Å². The smallest absolute Gasteiger partial charge is 0.311 e. The summed E-state index contributed by atoms with van der Waals surface area (Å²) in [6.45, 7) is 4.65. The average Bonchev–Trinajstić information content (AvgIpc) is 2.58. The maximum Gasteiger partial charge on any atom is 0.311 e. The summed E-state index contributed by atoms with van der Waals surface area (Å²) in [6, 6.07) is 13.1. The van der Waals surface area contributed by atoms with Crippen LogP contribution in [-0.4, -0.2) is 24.8 Å². The third-order valence-corrected chi connectivity index (χ3v) is 3.98. The van der Waals surface area contributed by atoms with Crippen molar-refractivity contribution in [2.75, 3.05) is 13.7 Å². The lowest BCUT2D eigenvalue weighted by Gasteiger charge is -2.17. The molecule has 0 saturated heterocycles. The molecule has 0 aliphatic carbocycles. The molecule has 0 amide bonds. The largest absolute Gasteiger partial charge is 0.496 e. The van der Waals surface area contributed by atoms with Crippen LogP contribution in [0.1, 0.15) is 36.0 Å². The van der Waals surface area contributed by atoms with Crippen molar-refractivity contribution in [3.63, 3.8) is 0 Å². The maximum absolute atomic E-state index is 11.8. The van der Waals surface area contributed by atoms with E-state index in [1.165, 1.54) is 0 Å². The molecule has 2 aromatic carbocycles. The van der Waals surface area contributed by atoms with Crippen molar-refractivity contribution < 1.29 is 19.4 Å². The number of carbonyl (C=O) groups is 1. The van der Waals surface area contributed by atoms with Crippen LogP contribution in [-0.2, 0) is 11.2 Å². The van der Waals surface area contributed by atoms with Crippen molar-refractivity contribution in [1.29, 1.82) is 0 Å². The summed E-state index contributed by atoms with van der Waals surface area (Å²) in [4.78, 5) is 11.8. The van der Waals surface area contributed by atoms with Gasteiger partial charge in [0.15, 0.2) is 0 Å². The number of carboxylic acids is 1. The lowest BCUT2D eigenvalue weighted by atomic mass is 9.90. The molecule has 4 nitrogen and oxygen atoms in total. The number of ether oxygens (including phenoxy) is 2. The summed E-state index contributed by atoms with van der Waals surface area (Å²) in [6.07, 6.45) is 1.32. The van der Waals surface area contributed by atoms with Gasteiger partial charge in [0.25, 0.3) is 0 Å². The Kier molecular flexibility index (Phi) is 6.24. The van der Waals surface area contributed by atoms with Crippen LogP contribution in [0.5, 0.6) is 11.5 Å². The average molecular weight is 328 g/mol. The molecule has 0 fully saturated rings. The topological polar surface area (TPSA) is 55.8 Å². The highest BCUT2D eigenvalue weighted by atomic mass is 16.5. The van der Waals surface area contributed by atoms with Gasteiger partial charge >= 0.3 is 5.97 Å². The van der Waals surface area contributed by atoms with Gasteiger partial charge in [0, 0.05) is 0 Å². The summed E-state index contributed by atoms with van der Waals surface area (Å²) in [5.74, 6) is 0.0492. The van der Waals surface area contributed by atoms with E-state index in [9.17, 15) is 9.90 Å². The molecule has 4 heteroatoms. The van der Waals surface area contributed by atoms with Crippen LogP contribution in [0, 0.1) is 6.92 Å². The number of aliphatic carboxylic acids is 1. The number of rotatable bonds is 8. The number of benzene rings is 2. The van der Waals surface area contributed by atoms with Crippen LogP contribution in [0.15, 0.2) is 42.5 Å². The van der Waals surface area contributed by atoms with Gasteiger partial charge < -0.3 is 14.6 Å². The fraction of sp³-hybridized carbons (Fsp3) is 0.350. The predicted octanol–water partition coefficient (Wildman–Crippen LogP) is 4.20. The molecule has 0 spiro atoms. The quantitative estimate of drug-likeness (QED) is 0.789. The van der Waals surface area contributed by atoms with Crippen molar-refractivity contribution in [3.8, 4) is 11.5 Å². The monoisotopic (exact) mass is 328 g/mol. The van der Waals surface area contributed by atoms with Gasteiger partial charge in [0.1, 0.15) is 11.5 Å². The molecule has 24 heavy (non-hydrogen) atoms. The molecular weight excluding hydrogens is 304 g/mol. The van der Waals surface area contributed by atoms with E-state index in [4.69, 9.17) is 9.47 Å². The van der Waals surface area contributed by atoms with Crippen LogP contribution >= 0.6 is 0 Å². The molecule has 1 unspecified atom stereocenters. The molecule has 0 bridgehead atoms. The Labute approximate surface area is 143 Å². The van der Waals surface area contributed by atoms with Gasteiger partial charge in [-0.15, -0.1) is 0 Å². The Morgan fingerprint density at radius 2 is 1.92 bits per heavy atom. The standard InChI is InChI=1S/C20H24O4/c1-4-11-24-18-10-9-15(12-14(18)2)17(20(21)22)13-16-7-5-6-8-19(16)23-3/h5-10,12,17H,4,11,13H2,1-3H3,(H,21,22). The molecule has 0 radical (unpaired) electrons. The fourth-order valence-electron chi connectivity index (χ4n) is 2.70. The maximum atomic E-state index is 11.8. The lowest BCUT2D eigenvalue weighted by molar-refractivity contribution is -0.138. The highest BCUT2D eigenvalue weighted by Gasteiger charge is 2.22. The van der Waals surface area contributed by atoms with E-state index >= 15 is 0 Å². The number of hydrogen-bond acceptors (Lipinski definition) is 3. The molecule has 0 heterocycles. The van der Waals surface area contributed by atoms with Crippen molar-refractivity contribution in [2.45, 2.75) is 32.6 Å². The highest BCUT2D eigenvalue weighted by molar-refractivity contribution is 5.77. The Morgan fingerprint density at radius 3 is 2.54 bits per heavy atom. The second kappa shape index (κ2) is 8.39. The summed E-state index contributed by atoms with van der Waals surface area (Å²) in [5.41, 5.74) is 2.61. The molecule has 128 valence electrons. The van der Waals surface area contributed by atoms with Gasteiger partial charge in [-0.1, -0.05) is 37.3 Å². The molecule has 1 atom stereocenters. The number of carboxylic acid groups (broad SMARTS) is 1. The van der Waals surface area contributed by atoms with Crippen LogP contribution in [0.25, 0.3) is 0 Å². The summed E-state index contributed by atoms with van der Waals surface area (Å²) in [5, 5.41) is 9.68. The normalized spacial score (nSPS) is 11.8. The summed E-state index contributed by atoms with van der Waals surface area (Å²) in [7, 11) is 1.60. The molecule has 2 rings (SSSR count). The van der Waals surface area contributed by atoms with Gasteiger partial charge in [-0.3, -0.25) is 4.79 Å². The molecule has 2 aromatic rings. The van der Waals surface area contributed by atoms with Gasteiger partial charge in [0.2, 0.25) is 0 Å². The van der Waals surface area contributed by atoms with E-state index in [0.29, 0.717) is 18.8 Å². The van der Waals surface area contributed by atoms with E-state index in [0.717, 1.165) is 28.9 Å². The Hall–Kier alpha value is -2.49. The number of aryl methyl sites for hydroxylation is 1. The summed E-state index contributed by atoms with van der Waals surface area (Å²) >= 11 is 0. The van der Waals surface area contributed by atoms with Gasteiger partial charge in [-0.25, -0.2) is 0 Å². The SMILES string of the molecule is CCCOc1ccc(C(Cc2ccccc2OC)C(=O)O)cc1C. The third kappa shape index (κ3) is 4.28. The number of para-hydroxylation sites is 1. The zero-order valence-corrected chi connectivity index (χ0v) is 14.4. The van der Waals surface area contributed by atoms with Crippen LogP contribution < -0.4 is 9.47 Å². The first-order valence-corrected chi connectivity index (χ1v) is 8.14. The molecule has 1 N–H and O–H groups in total. The van der Waals surface area contributed by atoms with Crippen LogP contribution in [0.3, 0.4) is 0 Å². The first kappa shape index (κ1) is 17.9. The second-order valence-electron chi connectivity index (χ2n) is 5.78. The van der Waals surface area contributed by atoms with Crippen molar-refractivity contribution in [2.24, 2.45) is 0 Å². The first-order chi connectivity index (χ1) is 11.6. The van der Waals surface area contributed by atoms with E-state index in [-0.39, 0.29) is 0 Å². The van der Waals surface area contributed by atoms with Crippen LogP contribution in [0.2, 0.25) is 0 Å². The highest BCUT2D eigenvalue weighted by Crippen LogP contribution is 2.29. The van der Waals surface area contributed by atoms with Crippen LogP contribution in [0.4, 0.5) is 0 Å². The van der Waals surface area contributed by atoms with Crippen molar-refractivity contribution in [1.82, 2.24) is 0 Å². The van der Waals surface area contributed by atoms with Gasteiger partial charge in [0.05, 0.1) is 19.6 Å². The molecule has 0 aromatic heterocycles. The minimum absolute atomic E-state index is 0.383. The van der Waals surface area contributed by atoms with Gasteiger partial charge in [-0.2, -0.15) is 0 Å².